The lowest BCUT2D eigenvalue weighted by molar-refractivity contribution is -0.113. The molecule has 4 aromatic rings. The Kier molecular flexibility index (Phi) is 4.94. The summed E-state index contributed by atoms with van der Waals surface area (Å²) < 4.78 is 1.71. The Morgan fingerprint density at radius 2 is 2.00 bits per heavy atom. The van der Waals surface area contributed by atoms with Crippen molar-refractivity contribution in [1.82, 2.24) is 20.2 Å². The SMILES string of the molecule is O=C(CSc1nnnn1Cc1cccs1)Nc1cccc2ccccc12. The number of fused-ring (bicyclic) bond motifs is 1. The highest BCUT2D eigenvalue weighted by atomic mass is 32.2. The molecule has 6 nitrogen and oxygen atoms in total. The second kappa shape index (κ2) is 7.67. The number of nitrogens with one attached hydrogen (secondary N) is 1. The molecule has 4 rings (SSSR count). The Morgan fingerprint density at radius 3 is 2.88 bits per heavy atom. The van der Waals surface area contributed by atoms with E-state index < -0.39 is 0 Å². The Labute approximate surface area is 158 Å². The van der Waals surface area contributed by atoms with E-state index in [1.807, 2.05) is 60.0 Å². The van der Waals surface area contributed by atoms with E-state index in [9.17, 15) is 4.79 Å². The normalized spacial score (nSPS) is 10.9. The van der Waals surface area contributed by atoms with Gasteiger partial charge in [-0.3, -0.25) is 4.79 Å². The molecule has 0 fully saturated rings. The smallest absolute Gasteiger partial charge is 0.234 e. The van der Waals surface area contributed by atoms with Crippen LogP contribution in [0.25, 0.3) is 10.8 Å². The van der Waals surface area contributed by atoms with E-state index in [4.69, 9.17) is 0 Å². The van der Waals surface area contributed by atoms with E-state index in [0.717, 1.165) is 16.5 Å². The number of thioether (sulfide) groups is 1. The molecular weight excluding hydrogens is 366 g/mol. The molecule has 0 bridgehead atoms. The number of rotatable bonds is 6. The van der Waals surface area contributed by atoms with Gasteiger partial charge in [-0.05, 0) is 33.3 Å². The van der Waals surface area contributed by atoms with Crippen molar-refractivity contribution in [2.45, 2.75) is 11.7 Å². The highest BCUT2D eigenvalue weighted by molar-refractivity contribution is 7.99. The fourth-order valence-electron chi connectivity index (χ4n) is 2.60. The van der Waals surface area contributed by atoms with Gasteiger partial charge < -0.3 is 5.32 Å². The van der Waals surface area contributed by atoms with E-state index in [1.54, 1.807) is 16.0 Å². The van der Waals surface area contributed by atoms with Crippen molar-refractivity contribution >= 4 is 45.5 Å². The number of nitrogens with zero attached hydrogens (tertiary/aromatic N) is 4. The average molecular weight is 381 g/mol. The van der Waals surface area contributed by atoms with Crippen molar-refractivity contribution < 1.29 is 4.79 Å². The maximum Gasteiger partial charge on any atom is 0.234 e. The summed E-state index contributed by atoms with van der Waals surface area (Å²) in [5.41, 5.74) is 0.812. The minimum Gasteiger partial charge on any atom is -0.325 e. The van der Waals surface area contributed by atoms with Crippen molar-refractivity contribution in [2.75, 3.05) is 11.1 Å². The molecule has 0 aliphatic rings. The van der Waals surface area contributed by atoms with E-state index in [2.05, 4.69) is 20.8 Å². The summed E-state index contributed by atoms with van der Waals surface area (Å²) in [4.78, 5) is 13.5. The molecule has 2 heterocycles. The Bertz CT molecular complexity index is 1020. The van der Waals surface area contributed by atoms with Crippen LogP contribution in [-0.2, 0) is 11.3 Å². The van der Waals surface area contributed by atoms with E-state index in [-0.39, 0.29) is 11.7 Å². The summed E-state index contributed by atoms with van der Waals surface area (Å²) in [6.45, 7) is 0.609. The largest absolute Gasteiger partial charge is 0.325 e. The molecule has 0 aliphatic carbocycles. The summed E-state index contributed by atoms with van der Waals surface area (Å²) in [7, 11) is 0. The predicted molar refractivity (Wildman–Crippen MR) is 105 cm³/mol. The van der Waals surface area contributed by atoms with Crippen LogP contribution in [0.1, 0.15) is 4.88 Å². The summed E-state index contributed by atoms with van der Waals surface area (Å²) in [6, 6.07) is 17.9. The Hall–Kier alpha value is -2.71. The number of anilines is 1. The Morgan fingerprint density at radius 1 is 1.12 bits per heavy atom. The van der Waals surface area contributed by atoms with Crippen molar-refractivity contribution in [2.24, 2.45) is 0 Å². The first kappa shape index (κ1) is 16.7. The third-order valence-electron chi connectivity index (χ3n) is 3.78. The molecule has 0 unspecified atom stereocenters. The van der Waals surface area contributed by atoms with Gasteiger partial charge in [0.05, 0.1) is 12.3 Å². The summed E-state index contributed by atoms with van der Waals surface area (Å²) >= 11 is 2.98. The number of carbonyl (C=O) groups is 1. The molecule has 0 atom stereocenters. The fourth-order valence-corrected chi connectivity index (χ4v) is 3.96. The van der Waals surface area contributed by atoms with Gasteiger partial charge in [-0.1, -0.05) is 54.2 Å². The number of aromatic nitrogens is 4. The lowest BCUT2D eigenvalue weighted by atomic mass is 10.1. The molecule has 26 heavy (non-hydrogen) atoms. The van der Waals surface area contributed by atoms with Gasteiger partial charge in [0.2, 0.25) is 11.1 Å². The van der Waals surface area contributed by atoms with Gasteiger partial charge in [-0.2, -0.15) is 0 Å². The number of tetrazole rings is 1. The molecule has 8 heteroatoms. The van der Waals surface area contributed by atoms with Gasteiger partial charge in [-0.15, -0.1) is 16.4 Å². The third kappa shape index (κ3) is 3.76. The second-order valence-corrected chi connectivity index (χ2v) is 7.54. The topological polar surface area (TPSA) is 72.7 Å². The maximum absolute atomic E-state index is 12.4. The van der Waals surface area contributed by atoms with Gasteiger partial charge in [0.15, 0.2) is 0 Å². The monoisotopic (exact) mass is 381 g/mol. The van der Waals surface area contributed by atoms with Gasteiger partial charge in [0.25, 0.3) is 0 Å². The van der Waals surface area contributed by atoms with Crippen LogP contribution >= 0.6 is 23.1 Å². The number of thiophene rings is 1. The van der Waals surface area contributed by atoms with Crippen LogP contribution in [0.3, 0.4) is 0 Å². The molecule has 130 valence electrons. The van der Waals surface area contributed by atoms with Gasteiger partial charge in [0, 0.05) is 16.0 Å². The summed E-state index contributed by atoms with van der Waals surface area (Å²) in [5.74, 6) is 0.158. The number of amides is 1. The Balaban J connectivity index is 1.41. The maximum atomic E-state index is 12.4. The molecule has 0 aliphatic heterocycles. The zero-order valence-corrected chi connectivity index (χ0v) is 15.3. The standard InChI is InChI=1S/C18H15N5OS2/c24-17(19-16-9-3-6-13-5-1-2-8-15(13)16)12-26-18-20-21-22-23(18)11-14-7-4-10-25-14/h1-10H,11-12H2,(H,19,24). The van der Waals surface area contributed by atoms with Crippen LogP contribution in [0.15, 0.2) is 65.1 Å². The van der Waals surface area contributed by atoms with Crippen molar-refractivity contribution in [3.05, 3.63) is 64.9 Å². The average Bonchev–Trinajstić information content (AvgIpc) is 3.33. The van der Waals surface area contributed by atoms with E-state index in [1.165, 1.54) is 16.6 Å². The number of hydrogen-bond acceptors (Lipinski definition) is 6. The molecule has 0 spiro atoms. The first-order valence-electron chi connectivity index (χ1n) is 7.98. The van der Waals surface area contributed by atoms with Crippen LogP contribution in [0.5, 0.6) is 0 Å². The van der Waals surface area contributed by atoms with Crippen LogP contribution in [-0.4, -0.2) is 31.9 Å². The quantitative estimate of drug-likeness (QED) is 0.516. The van der Waals surface area contributed by atoms with Gasteiger partial charge in [-0.25, -0.2) is 4.68 Å². The molecule has 0 radical (unpaired) electrons. The number of carbonyl (C=O) groups excluding carboxylic acids is 1. The van der Waals surface area contributed by atoms with Gasteiger partial charge in [0.1, 0.15) is 0 Å². The number of hydrogen-bond donors (Lipinski definition) is 1. The van der Waals surface area contributed by atoms with E-state index in [0.29, 0.717) is 11.7 Å². The zero-order chi connectivity index (χ0) is 17.8. The lowest BCUT2D eigenvalue weighted by Crippen LogP contribution is -2.15. The first-order chi connectivity index (χ1) is 12.8. The molecule has 1 amide bonds. The van der Waals surface area contributed by atoms with E-state index >= 15 is 0 Å². The molecule has 2 aromatic carbocycles. The summed E-state index contributed by atoms with van der Waals surface area (Å²) in [6.07, 6.45) is 0. The molecular formula is C18H15N5OS2. The fraction of sp³-hybridized carbons (Fsp3) is 0.111. The molecule has 0 saturated carbocycles. The summed E-state index contributed by atoms with van der Waals surface area (Å²) in [5, 5.41) is 19.5. The minimum atomic E-state index is -0.0861. The zero-order valence-electron chi connectivity index (χ0n) is 13.7. The molecule has 0 saturated heterocycles. The molecule has 1 N–H and O–H groups in total. The number of benzene rings is 2. The second-order valence-electron chi connectivity index (χ2n) is 5.56. The van der Waals surface area contributed by atoms with Crippen molar-refractivity contribution in [3.63, 3.8) is 0 Å². The molecule has 2 aromatic heterocycles. The van der Waals surface area contributed by atoms with Crippen molar-refractivity contribution in [1.29, 1.82) is 0 Å². The van der Waals surface area contributed by atoms with Gasteiger partial charge >= 0.3 is 0 Å². The van der Waals surface area contributed by atoms with Crippen molar-refractivity contribution in [3.8, 4) is 0 Å². The van der Waals surface area contributed by atoms with Crippen LogP contribution in [0.2, 0.25) is 0 Å². The van der Waals surface area contributed by atoms with Crippen LogP contribution in [0, 0.1) is 0 Å². The predicted octanol–water partition coefficient (Wildman–Crippen LogP) is 3.67. The highest BCUT2D eigenvalue weighted by Gasteiger charge is 2.12. The van der Waals surface area contributed by atoms with Crippen LogP contribution in [0.4, 0.5) is 5.69 Å². The third-order valence-corrected chi connectivity index (χ3v) is 5.60. The van der Waals surface area contributed by atoms with Crippen LogP contribution < -0.4 is 5.32 Å². The highest BCUT2D eigenvalue weighted by Crippen LogP contribution is 2.23. The first-order valence-corrected chi connectivity index (χ1v) is 9.85. The minimum absolute atomic E-state index is 0.0861. The lowest BCUT2D eigenvalue weighted by Gasteiger charge is -2.08.